The summed E-state index contributed by atoms with van der Waals surface area (Å²) in [6, 6.07) is 7.44. The number of nitrogens with one attached hydrogen (secondary N) is 1. The third-order valence-corrected chi connectivity index (χ3v) is 4.33. The fourth-order valence-electron chi connectivity index (χ4n) is 3.07. The predicted molar refractivity (Wildman–Crippen MR) is 86.5 cm³/mol. The molecule has 23 heavy (non-hydrogen) atoms. The topological polar surface area (TPSA) is 89.6 Å². The Morgan fingerprint density at radius 2 is 2.09 bits per heavy atom. The van der Waals surface area contributed by atoms with Gasteiger partial charge in [-0.1, -0.05) is 11.6 Å². The Hall–Kier alpha value is -2.60. The van der Waals surface area contributed by atoms with Gasteiger partial charge in [0.15, 0.2) is 0 Å². The van der Waals surface area contributed by atoms with Crippen LogP contribution in [0.3, 0.4) is 0 Å². The van der Waals surface area contributed by atoms with E-state index in [1.807, 2.05) is 28.9 Å². The number of amides is 1. The first kappa shape index (κ1) is 14.0. The maximum atomic E-state index is 11.4. The van der Waals surface area contributed by atoms with E-state index in [1.54, 1.807) is 6.20 Å². The lowest BCUT2D eigenvalue weighted by atomic mass is 9.93. The number of hydrogen-bond acceptors (Lipinski definition) is 3. The first-order valence-corrected chi connectivity index (χ1v) is 7.69. The van der Waals surface area contributed by atoms with E-state index in [0.717, 1.165) is 46.7 Å². The van der Waals surface area contributed by atoms with Crippen molar-refractivity contribution in [3.05, 3.63) is 52.4 Å². The van der Waals surface area contributed by atoms with Crippen LogP contribution in [0.4, 0.5) is 0 Å². The van der Waals surface area contributed by atoms with Gasteiger partial charge in [0.2, 0.25) is 5.91 Å². The Labute approximate surface area is 137 Å². The highest BCUT2D eigenvalue weighted by Gasteiger charge is 2.27. The number of aromatic nitrogens is 4. The lowest BCUT2D eigenvalue weighted by molar-refractivity contribution is -0.117. The summed E-state index contributed by atoms with van der Waals surface area (Å²) in [5, 5.41) is 12.5. The first-order valence-electron chi connectivity index (χ1n) is 7.31. The van der Waals surface area contributed by atoms with E-state index in [4.69, 9.17) is 17.3 Å². The number of hydrogen-bond donors (Lipinski definition) is 2. The zero-order valence-corrected chi connectivity index (χ0v) is 13.0. The van der Waals surface area contributed by atoms with Gasteiger partial charge in [0, 0.05) is 21.8 Å². The van der Waals surface area contributed by atoms with Gasteiger partial charge in [-0.3, -0.25) is 9.89 Å². The van der Waals surface area contributed by atoms with Crippen LogP contribution in [-0.2, 0) is 24.1 Å². The quantitative estimate of drug-likeness (QED) is 0.771. The van der Waals surface area contributed by atoms with E-state index in [1.165, 1.54) is 0 Å². The van der Waals surface area contributed by atoms with Gasteiger partial charge >= 0.3 is 0 Å². The summed E-state index contributed by atoms with van der Waals surface area (Å²) >= 11 is 5.97. The number of nitrogens with two attached hydrogens (primary N) is 1. The van der Waals surface area contributed by atoms with Crippen LogP contribution in [0.1, 0.15) is 17.0 Å². The second kappa shape index (κ2) is 5.24. The van der Waals surface area contributed by atoms with Crippen molar-refractivity contribution < 1.29 is 4.79 Å². The molecule has 3 N–H and O–H groups in total. The zero-order chi connectivity index (χ0) is 16.0. The van der Waals surface area contributed by atoms with Crippen LogP contribution >= 0.6 is 11.6 Å². The summed E-state index contributed by atoms with van der Waals surface area (Å²) in [6.45, 7) is 0. The SMILES string of the molecule is NC(=O)Cc1nn(-c2ccc(Cl)cc2)c2c1CCc1[nH]ncc1-2. The number of halogens is 1. The predicted octanol–water partition coefficient (Wildman–Crippen LogP) is 2.04. The van der Waals surface area contributed by atoms with Crippen LogP contribution < -0.4 is 5.73 Å². The van der Waals surface area contributed by atoms with Crippen LogP contribution in [0.2, 0.25) is 5.02 Å². The average molecular weight is 328 g/mol. The molecule has 116 valence electrons. The molecule has 1 amide bonds. The second-order valence-corrected chi connectivity index (χ2v) is 6.00. The first-order chi connectivity index (χ1) is 11.1. The van der Waals surface area contributed by atoms with Crippen molar-refractivity contribution in [2.75, 3.05) is 0 Å². The van der Waals surface area contributed by atoms with Gasteiger partial charge < -0.3 is 5.73 Å². The normalized spacial score (nSPS) is 12.7. The minimum atomic E-state index is -0.383. The number of rotatable bonds is 3. The largest absolute Gasteiger partial charge is 0.369 e. The minimum absolute atomic E-state index is 0.135. The van der Waals surface area contributed by atoms with E-state index in [9.17, 15) is 4.79 Å². The van der Waals surface area contributed by atoms with Gasteiger partial charge in [-0.15, -0.1) is 0 Å². The fraction of sp³-hybridized carbons (Fsp3) is 0.188. The minimum Gasteiger partial charge on any atom is -0.369 e. The van der Waals surface area contributed by atoms with Crippen molar-refractivity contribution in [2.45, 2.75) is 19.3 Å². The summed E-state index contributed by atoms with van der Waals surface area (Å²) in [5.41, 5.74) is 11.1. The van der Waals surface area contributed by atoms with Crippen molar-refractivity contribution in [2.24, 2.45) is 5.73 Å². The van der Waals surface area contributed by atoms with Gasteiger partial charge in [0.05, 0.1) is 29.7 Å². The molecule has 0 atom stereocenters. The van der Waals surface area contributed by atoms with Crippen LogP contribution in [0, 0.1) is 0 Å². The zero-order valence-electron chi connectivity index (χ0n) is 12.2. The second-order valence-electron chi connectivity index (χ2n) is 5.57. The molecular weight excluding hydrogens is 314 g/mol. The molecule has 1 aliphatic rings. The number of carbonyl (C=O) groups excluding carboxylic acids is 1. The highest BCUT2D eigenvalue weighted by atomic mass is 35.5. The van der Waals surface area contributed by atoms with Gasteiger partial charge in [-0.2, -0.15) is 10.2 Å². The molecule has 2 aromatic heterocycles. The number of primary amides is 1. The molecule has 7 heteroatoms. The molecule has 3 aromatic rings. The van der Waals surface area contributed by atoms with Gasteiger partial charge in [0.25, 0.3) is 0 Å². The highest BCUT2D eigenvalue weighted by molar-refractivity contribution is 6.30. The van der Waals surface area contributed by atoms with Crippen molar-refractivity contribution in [3.63, 3.8) is 0 Å². The van der Waals surface area contributed by atoms with Crippen molar-refractivity contribution in [3.8, 4) is 16.9 Å². The van der Waals surface area contributed by atoms with E-state index < -0.39 is 0 Å². The standard InChI is InChI=1S/C16H14ClN5O/c17-9-1-3-10(4-2-9)22-16-11(14(21-22)7-15(18)23)5-6-13-12(16)8-19-20-13/h1-4,8H,5-7H2,(H2,18,23)(H,19,20). The molecule has 0 saturated carbocycles. The molecule has 0 saturated heterocycles. The van der Waals surface area contributed by atoms with Crippen molar-refractivity contribution >= 4 is 17.5 Å². The van der Waals surface area contributed by atoms with Gasteiger partial charge in [0.1, 0.15) is 0 Å². The van der Waals surface area contributed by atoms with Crippen molar-refractivity contribution in [1.82, 2.24) is 20.0 Å². The molecule has 1 aromatic carbocycles. The number of aromatic amines is 1. The third-order valence-electron chi connectivity index (χ3n) is 4.08. The average Bonchev–Trinajstić information content (AvgIpc) is 3.12. The smallest absolute Gasteiger partial charge is 0.223 e. The molecule has 6 nitrogen and oxygen atoms in total. The summed E-state index contributed by atoms with van der Waals surface area (Å²) in [7, 11) is 0. The Morgan fingerprint density at radius 3 is 2.83 bits per heavy atom. The van der Waals surface area contributed by atoms with Crippen LogP contribution in [0.25, 0.3) is 16.9 Å². The lowest BCUT2D eigenvalue weighted by Gasteiger charge is -2.14. The molecule has 2 heterocycles. The van der Waals surface area contributed by atoms with E-state index in [-0.39, 0.29) is 12.3 Å². The van der Waals surface area contributed by atoms with Gasteiger partial charge in [-0.05, 0) is 37.1 Å². The fourth-order valence-corrected chi connectivity index (χ4v) is 3.19. The molecule has 0 fully saturated rings. The monoisotopic (exact) mass is 327 g/mol. The van der Waals surface area contributed by atoms with Crippen molar-refractivity contribution in [1.29, 1.82) is 0 Å². The number of benzene rings is 1. The number of aryl methyl sites for hydroxylation is 1. The van der Waals surface area contributed by atoms with Crippen LogP contribution in [0.5, 0.6) is 0 Å². The van der Waals surface area contributed by atoms with Crippen LogP contribution in [0.15, 0.2) is 30.5 Å². The number of fused-ring (bicyclic) bond motifs is 3. The molecule has 0 bridgehead atoms. The highest BCUT2D eigenvalue weighted by Crippen LogP contribution is 2.36. The van der Waals surface area contributed by atoms with E-state index >= 15 is 0 Å². The molecule has 0 unspecified atom stereocenters. The third kappa shape index (κ3) is 2.31. The molecular formula is C16H14ClN5O. The Balaban J connectivity index is 1.94. The lowest BCUT2D eigenvalue weighted by Crippen LogP contribution is -2.15. The summed E-state index contributed by atoms with van der Waals surface area (Å²) in [5.74, 6) is -0.383. The molecule has 1 aliphatic carbocycles. The Bertz CT molecular complexity index is 894. The number of carbonyl (C=O) groups is 1. The summed E-state index contributed by atoms with van der Waals surface area (Å²) < 4.78 is 1.84. The van der Waals surface area contributed by atoms with E-state index in [0.29, 0.717) is 5.02 Å². The van der Waals surface area contributed by atoms with E-state index in [2.05, 4.69) is 15.3 Å². The Morgan fingerprint density at radius 1 is 1.30 bits per heavy atom. The van der Waals surface area contributed by atoms with Gasteiger partial charge in [-0.25, -0.2) is 4.68 Å². The maximum Gasteiger partial charge on any atom is 0.223 e. The Kier molecular flexibility index (Phi) is 3.20. The van der Waals surface area contributed by atoms with Crippen LogP contribution in [-0.4, -0.2) is 25.9 Å². The molecule has 0 radical (unpaired) electrons. The molecule has 4 rings (SSSR count). The maximum absolute atomic E-state index is 11.4. The number of H-pyrrole nitrogens is 1. The molecule has 0 aliphatic heterocycles. The summed E-state index contributed by atoms with van der Waals surface area (Å²) in [6.07, 6.45) is 3.59. The summed E-state index contributed by atoms with van der Waals surface area (Å²) in [4.78, 5) is 11.4. The molecule has 0 spiro atoms. The number of nitrogens with zero attached hydrogens (tertiary/aromatic N) is 3.